The van der Waals surface area contributed by atoms with Crippen molar-refractivity contribution in [3.05, 3.63) is 45.1 Å². The maximum Gasteiger partial charge on any atom is 0.343 e. The first-order valence-electron chi connectivity index (χ1n) is 9.40. The summed E-state index contributed by atoms with van der Waals surface area (Å²) in [6, 6.07) is 1.63. The molecule has 1 aliphatic carbocycles. The molecule has 1 aliphatic heterocycles. The number of fused-ring (bicyclic) bond motifs is 1. The normalized spacial score (nSPS) is 19.7. The summed E-state index contributed by atoms with van der Waals surface area (Å²) < 4.78 is 21.2. The van der Waals surface area contributed by atoms with E-state index < -0.39 is 23.4 Å². The topological polar surface area (TPSA) is 71.2 Å². The number of aliphatic hydroxyl groups is 1. The summed E-state index contributed by atoms with van der Waals surface area (Å²) in [4.78, 5) is 26.9. The molecule has 3 heterocycles. The van der Waals surface area contributed by atoms with E-state index in [0.29, 0.717) is 36.3 Å². The number of β-amino-alcohol motifs (C(OH)–C–C–N with tert-alkyl or cyclic N) is 1. The number of nitrogens with zero attached hydrogens (tertiary/aromatic N) is 2. The Morgan fingerprint density at radius 3 is 2.70 bits per heavy atom. The van der Waals surface area contributed by atoms with Gasteiger partial charge in [-0.3, -0.25) is 9.20 Å². The second-order valence-corrected chi connectivity index (χ2v) is 7.37. The highest BCUT2D eigenvalue weighted by Crippen LogP contribution is 2.44. The fourth-order valence-electron chi connectivity index (χ4n) is 4.04. The quantitative estimate of drug-likeness (QED) is 0.832. The van der Waals surface area contributed by atoms with Gasteiger partial charge in [0.15, 0.2) is 5.82 Å². The van der Waals surface area contributed by atoms with E-state index in [1.165, 1.54) is 10.6 Å². The molecule has 0 unspecified atom stereocenters. The number of rotatable bonds is 4. The number of ether oxygens (including phenoxy) is 1. The van der Waals surface area contributed by atoms with Gasteiger partial charge >= 0.3 is 5.97 Å². The van der Waals surface area contributed by atoms with Gasteiger partial charge in [0.25, 0.3) is 5.56 Å². The molecule has 4 rings (SSSR count). The summed E-state index contributed by atoms with van der Waals surface area (Å²) in [5.41, 5.74) is 2.02. The summed E-state index contributed by atoms with van der Waals surface area (Å²) in [5, 5.41) is 9.83. The number of carbonyl (C=O) groups is 1. The molecule has 1 saturated carbocycles. The molecule has 0 spiro atoms. The van der Waals surface area contributed by atoms with Crippen LogP contribution in [0.1, 0.15) is 53.6 Å². The standard InChI is InChI=1S/C20H23FN2O4/c1-3-27-20(26)15-8-14(12-4-5-12)17-11(2)18(22-7-6-13(24)9-22)16(21)10-23(17)19(15)25/h8,10,12-13,24H,3-7,9H2,1-2H3/t13-/m1/s1. The number of aryl methyl sites for hydroxylation is 1. The second-order valence-electron chi connectivity index (χ2n) is 7.37. The van der Waals surface area contributed by atoms with Gasteiger partial charge in [-0.1, -0.05) is 0 Å². The Kier molecular flexibility index (Phi) is 4.42. The van der Waals surface area contributed by atoms with E-state index >= 15 is 0 Å². The van der Waals surface area contributed by atoms with Crippen LogP contribution in [-0.2, 0) is 4.74 Å². The molecular formula is C20H23FN2O4. The zero-order valence-corrected chi connectivity index (χ0v) is 15.5. The Hall–Kier alpha value is -2.41. The maximum absolute atomic E-state index is 15.0. The maximum atomic E-state index is 15.0. The highest BCUT2D eigenvalue weighted by atomic mass is 19.1. The lowest BCUT2D eigenvalue weighted by atomic mass is 10.0. The molecule has 27 heavy (non-hydrogen) atoms. The average molecular weight is 374 g/mol. The lowest BCUT2D eigenvalue weighted by Crippen LogP contribution is -2.28. The number of anilines is 1. The van der Waals surface area contributed by atoms with Gasteiger partial charge in [-0.15, -0.1) is 0 Å². The summed E-state index contributed by atoms with van der Waals surface area (Å²) in [6.45, 7) is 4.59. The van der Waals surface area contributed by atoms with Crippen LogP contribution in [0.15, 0.2) is 17.1 Å². The second kappa shape index (κ2) is 6.64. The van der Waals surface area contributed by atoms with Crippen molar-refractivity contribution in [1.29, 1.82) is 0 Å². The summed E-state index contributed by atoms with van der Waals surface area (Å²) >= 11 is 0. The van der Waals surface area contributed by atoms with Crippen molar-refractivity contribution in [1.82, 2.24) is 4.40 Å². The average Bonchev–Trinajstić information content (AvgIpc) is 3.38. The molecule has 0 bridgehead atoms. The number of hydrogen-bond acceptors (Lipinski definition) is 5. The van der Waals surface area contributed by atoms with Gasteiger partial charge in [-0.25, -0.2) is 9.18 Å². The fourth-order valence-corrected chi connectivity index (χ4v) is 4.04. The fraction of sp³-hybridized carbons (Fsp3) is 0.500. The molecule has 2 fully saturated rings. The molecule has 6 nitrogen and oxygen atoms in total. The van der Waals surface area contributed by atoms with Gasteiger partial charge in [0, 0.05) is 13.1 Å². The van der Waals surface area contributed by atoms with E-state index in [2.05, 4.69) is 0 Å². The van der Waals surface area contributed by atoms with E-state index in [1.807, 2.05) is 4.90 Å². The SMILES string of the molecule is CCOC(=O)c1cc(C2CC2)c2c(C)c(N3CC[C@@H](O)C3)c(F)cn2c1=O. The first-order chi connectivity index (χ1) is 12.9. The lowest BCUT2D eigenvalue weighted by molar-refractivity contribution is 0.0524. The van der Waals surface area contributed by atoms with Crippen LogP contribution >= 0.6 is 0 Å². The van der Waals surface area contributed by atoms with Crippen LogP contribution in [0.4, 0.5) is 10.1 Å². The minimum absolute atomic E-state index is 0.0561. The van der Waals surface area contributed by atoms with Crippen molar-refractivity contribution in [2.45, 2.75) is 45.1 Å². The van der Waals surface area contributed by atoms with Crippen LogP contribution in [0.25, 0.3) is 5.52 Å². The van der Waals surface area contributed by atoms with E-state index in [4.69, 9.17) is 4.74 Å². The lowest BCUT2D eigenvalue weighted by Gasteiger charge is -2.23. The Bertz CT molecular complexity index is 980. The van der Waals surface area contributed by atoms with Crippen LogP contribution in [0.2, 0.25) is 0 Å². The Balaban J connectivity index is 1.97. The molecule has 1 N–H and O–H groups in total. The number of halogens is 1. The predicted molar refractivity (Wildman–Crippen MR) is 99.1 cm³/mol. The number of carbonyl (C=O) groups excluding carboxylic acids is 1. The van der Waals surface area contributed by atoms with Gasteiger partial charge in [0.05, 0.1) is 30.1 Å². The van der Waals surface area contributed by atoms with Crippen molar-refractivity contribution in [3.63, 3.8) is 0 Å². The number of esters is 1. The van der Waals surface area contributed by atoms with Gasteiger partial charge in [-0.05, 0) is 56.2 Å². The van der Waals surface area contributed by atoms with Gasteiger partial charge in [0.1, 0.15) is 5.56 Å². The number of hydrogen-bond donors (Lipinski definition) is 1. The summed E-state index contributed by atoms with van der Waals surface area (Å²) in [5.74, 6) is -0.947. The summed E-state index contributed by atoms with van der Waals surface area (Å²) in [7, 11) is 0. The highest BCUT2D eigenvalue weighted by molar-refractivity contribution is 5.90. The predicted octanol–water partition coefficient (Wildman–Crippen LogP) is 2.37. The van der Waals surface area contributed by atoms with Crippen molar-refractivity contribution in [2.75, 3.05) is 24.6 Å². The molecule has 0 radical (unpaired) electrons. The first kappa shape index (κ1) is 18.0. The molecule has 2 aliphatic rings. The third-order valence-electron chi connectivity index (χ3n) is 5.43. The number of aromatic nitrogens is 1. The van der Waals surface area contributed by atoms with Gasteiger partial charge in [0.2, 0.25) is 0 Å². The van der Waals surface area contributed by atoms with Gasteiger partial charge < -0.3 is 14.7 Å². The van der Waals surface area contributed by atoms with E-state index in [-0.39, 0.29) is 18.1 Å². The zero-order chi connectivity index (χ0) is 19.3. The monoisotopic (exact) mass is 374 g/mol. The largest absolute Gasteiger partial charge is 0.462 e. The highest BCUT2D eigenvalue weighted by Gasteiger charge is 2.32. The van der Waals surface area contributed by atoms with Crippen LogP contribution in [0, 0.1) is 12.7 Å². The number of aliphatic hydroxyl groups excluding tert-OH is 1. The van der Waals surface area contributed by atoms with Crippen molar-refractivity contribution in [2.24, 2.45) is 0 Å². The van der Waals surface area contributed by atoms with Crippen molar-refractivity contribution in [3.8, 4) is 0 Å². The zero-order valence-electron chi connectivity index (χ0n) is 15.5. The van der Waals surface area contributed by atoms with Gasteiger partial charge in [-0.2, -0.15) is 0 Å². The summed E-state index contributed by atoms with van der Waals surface area (Å²) in [6.07, 6.45) is 3.24. The minimum atomic E-state index is -0.677. The van der Waals surface area contributed by atoms with Crippen LogP contribution < -0.4 is 10.5 Å². The molecule has 0 amide bonds. The minimum Gasteiger partial charge on any atom is -0.462 e. The Labute approximate surface area is 156 Å². The Morgan fingerprint density at radius 1 is 1.37 bits per heavy atom. The van der Waals surface area contributed by atoms with Crippen molar-refractivity contribution >= 4 is 17.2 Å². The van der Waals surface area contributed by atoms with Crippen LogP contribution in [-0.4, -0.2) is 41.3 Å². The molecule has 1 atom stereocenters. The van der Waals surface area contributed by atoms with Crippen molar-refractivity contribution < 1.29 is 19.0 Å². The molecule has 0 aromatic carbocycles. The molecule has 144 valence electrons. The molecule has 1 saturated heterocycles. The van der Waals surface area contributed by atoms with E-state index in [0.717, 1.165) is 18.4 Å². The molecule has 2 aromatic rings. The third kappa shape index (κ3) is 3.00. The van der Waals surface area contributed by atoms with Crippen LogP contribution in [0.3, 0.4) is 0 Å². The van der Waals surface area contributed by atoms with Crippen LogP contribution in [0.5, 0.6) is 0 Å². The smallest absolute Gasteiger partial charge is 0.343 e. The molecule has 2 aromatic heterocycles. The number of pyridine rings is 2. The van der Waals surface area contributed by atoms with E-state index in [9.17, 15) is 19.1 Å². The third-order valence-corrected chi connectivity index (χ3v) is 5.43. The molecule has 7 heteroatoms. The first-order valence-corrected chi connectivity index (χ1v) is 9.40. The Morgan fingerprint density at radius 2 is 2.11 bits per heavy atom. The van der Waals surface area contributed by atoms with E-state index in [1.54, 1.807) is 19.9 Å². The molecular weight excluding hydrogens is 351 g/mol.